The average Bonchev–Trinajstić information content (AvgIpc) is 3.09. The number of hydrogen-bond donors (Lipinski definition) is 0. The molecule has 22 heavy (non-hydrogen) atoms. The zero-order valence-corrected chi connectivity index (χ0v) is 14.3. The van der Waals surface area contributed by atoms with E-state index < -0.39 is 0 Å². The molecule has 1 aromatic heterocycles. The highest BCUT2D eigenvalue weighted by atomic mass is 32.2. The van der Waals surface area contributed by atoms with E-state index in [1.807, 2.05) is 23.9 Å². The van der Waals surface area contributed by atoms with Crippen LogP contribution in [0.1, 0.15) is 17.7 Å². The maximum absolute atomic E-state index is 5.52. The molecule has 0 spiro atoms. The van der Waals surface area contributed by atoms with E-state index in [4.69, 9.17) is 9.41 Å². The van der Waals surface area contributed by atoms with Gasteiger partial charge in [0.05, 0.1) is 12.8 Å². The van der Waals surface area contributed by atoms with E-state index in [1.165, 1.54) is 16.9 Å². The van der Waals surface area contributed by atoms with Gasteiger partial charge in [0.15, 0.2) is 5.17 Å². The van der Waals surface area contributed by atoms with Gasteiger partial charge in [-0.15, -0.1) is 11.8 Å². The van der Waals surface area contributed by atoms with Crippen LogP contribution in [0.5, 0.6) is 0 Å². The first-order chi connectivity index (χ1) is 10.8. The van der Waals surface area contributed by atoms with E-state index >= 15 is 0 Å². The van der Waals surface area contributed by atoms with Gasteiger partial charge in [-0.2, -0.15) is 0 Å². The molecule has 1 aliphatic rings. The molecule has 0 atom stereocenters. The van der Waals surface area contributed by atoms with Gasteiger partial charge in [-0.05, 0) is 42.5 Å². The van der Waals surface area contributed by atoms with Crippen molar-refractivity contribution in [3.8, 4) is 0 Å². The minimum Gasteiger partial charge on any atom is -0.467 e. The molecule has 0 saturated heterocycles. The highest BCUT2D eigenvalue weighted by Crippen LogP contribution is 2.22. The summed E-state index contributed by atoms with van der Waals surface area (Å²) in [5.74, 6) is 2.13. The zero-order chi connectivity index (χ0) is 15.2. The maximum atomic E-state index is 5.52. The van der Waals surface area contributed by atoms with E-state index in [-0.39, 0.29) is 0 Å². The smallest absolute Gasteiger partial charge is 0.159 e. The summed E-state index contributed by atoms with van der Waals surface area (Å²) in [5.41, 5.74) is 1.30. The molecule has 3 nitrogen and oxygen atoms in total. The molecular weight excluding hydrogens is 312 g/mol. The Balaban J connectivity index is 1.76. The topological polar surface area (TPSA) is 28.7 Å². The van der Waals surface area contributed by atoms with Crippen LogP contribution < -0.4 is 0 Å². The van der Waals surface area contributed by atoms with Crippen LogP contribution in [0.15, 0.2) is 57.0 Å². The molecule has 1 aliphatic heterocycles. The Morgan fingerprint density at radius 2 is 2.09 bits per heavy atom. The minimum absolute atomic E-state index is 0.767. The minimum atomic E-state index is 0.767. The van der Waals surface area contributed by atoms with Crippen molar-refractivity contribution in [1.29, 1.82) is 0 Å². The summed E-state index contributed by atoms with van der Waals surface area (Å²) < 4.78 is 5.52. The van der Waals surface area contributed by atoms with E-state index in [2.05, 4.69) is 35.4 Å². The van der Waals surface area contributed by atoms with Crippen LogP contribution in [-0.2, 0) is 13.1 Å². The molecule has 2 heterocycles. The lowest BCUT2D eigenvalue weighted by Gasteiger charge is -2.27. The van der Waals surface area contributed by atoms with Crippen molar-refractivity contribution in [2.24, 2.45) is 4.99 Å². The van der Waals surface area contributed by atoms with Crippen LogP contribution in [0.25, 0.3) is 0 Å². The van der Waals surface area contributed by atoms with Crippen molar-refractivity contribution in [2.75, 3.05) is 18.6 Å². The Morgan fingerprint density at radius 1 is 1.23 bits per heavy atom. The first-order valence-corrected chi connectivity index (χ1v) is 9.64. The van der Waals surface area contributed by atoms with Crippen molar-refractivity contribution < 1.29 is 4.42 Å². The van der Waals surface area contributed by atoms with E-state index in [9.17, 15) is 0 Å². The molecule has 0 unspecified atom stereocenters. The van der Waals surface area contributed by atoms with E-state index in [0.29, 0.717) is 0 Å². The fourth-order valence-corrected chi connectivity index (χ4v) is 3.73. The molecule has 1 aromatic carbocycles. The SMILES string of the molecule is CSc1ccc(CN(Cc2ccco2)C2=NCCCS2)cc1. The summed E-state index contributed by atoms with van der Waals surface area (Å²) in [6.45, 7) is 2.56. The lowest BCUT2D eigenvalue weighted by molar-refractivity contribution is 0.360. The van der Waals surface area contributed by atoms with Gasteiger partial charge < -0.3 is 9.32 Å². The predicted molar refractivity (Wildman–Crippen MR) is 95.6 cm³/mol. The molecule has 0 amide bonds. The third-order valence-electron chi connectivity index (χ3n) is 3.51. The van der Waals surface area contributed by atoms with Gasteiger partial charge in [-0.25, -0.2) is 0 Å². The van der Waals surface area contributed by atoms with Crippen LogP contribution in [0.3, 0.4) is 0 Å². The lowest BCUT2D eigenvalue weighted by Crippen LogP contribution is -2.29. The highest BCUT2D eigenvalue weighted by molar-refractivity contribution is 8.13. The van der Waals surface area contributed by atoms with Crippen LogP contribution in [0.4, 0.5) is 0 Å². The van der Waals surface area contributed by atoms with Crippen molar-refractivity contribution in [3.05, 3.63) is 54.0 Å². The summed E-state index contributed by atoms with van der Waals surface area (Å²) in [5, 5.41) is 1.14. The summed E-state index contributed by atoms with van der Waals surface area (Å²) in [6, 6.07) is 12.7. The second kappa shape index (κ2) is 7.79. The fourth-order valence-electron chi connectivity index (χ4n) is 2.37. The molecule has 0 bridgehead atoms. The number of furan rings is 1. The zero-order valence-electron chi connectivity index (χ0n) is 12.7. The second-order valence-corrected chi connectivity index (χ2v) is 7.09. The summed E-state index contributed by atoms with van der Waals surface area (Å²) in [4.78, 5) is 8.31. The van der Waals surface area contributed by atoms with Crippen molar-refractivity contribution in [3.63, 3.8) is 0 Å². The monoisotopic (exact) mass is 332 g/mol. The highest BCUT2D eigenvalue weighted by Gasteiger charge is 2.16. The Hall–Kier alpha value is -1.33. The number of thioether (sulfide) groups is 2. The van der Waals surface area contributed by atoms with Crippen LogP contribution in [0, 0.1) is 0 Å². The quantitative estimate of drug-likeness (QED) is 0.754. The Kier molecular flexibility index (Phi) is 5.51. The standard InChI is InChI=1S/C17H20N2OS2/c1-21-16-7-5-14(6-8-16)12-19(13-15-4-2-10-20-15)17-18-9-3-11-22-17/h2,4-8,10H,3,9,11-13H2,1H3. The molecule has 116 valence electrons. The average molecular weight is 332 g/mol. The number of benzene rings is 1. The molecule has 0 N–H and O–H groups in total. The number of aliphatic imine (C=N–C) groups is 1. The predicted octanol–water partition coefficient (Wildman–Crippen LogP) is 4.50. The van der Waals surface area contributed by atoms with Crippen LogP contribution in [0.2, 0.25) is 0 Å². The largest absolute Gasteiger partial charge is 0.467 e. The van der Waals surface area contributed by atoms with Gasteiger partial charge in [-0.3, -0.25) is 4.99 Å². The summed E-state index contributed by atoms with van der Waals surface area (Å²) >= 11 is 3.62. The van der Waals surface area contributed by atoms with Gasteiger partial charge in [-0.1, -0.05) is 23.9 Å². The normalized spacial score (nSPS) is 14.7. The Labute approximate surface area is 140 Å². The lowest BCUT2D eigenvalue weighted by atomic mass is 10.2. The van der Waals surface area contributed by atoms with Gasteiger partial charge >= 0.3 is 0 Å². The number of amidine groups is 1. The molecule has 2 aromatic rings. The number of rotatable bonds is 5. The number of nitrogens with zero attached hydrogens (tertiary/aromatic N) is 2. The van der Waals surface area contributed by atoms with Crippen molar-refractivity contribution in [1.82, 2.24) is 4.90 Å². The van der Waals surface area contributed by atoms with Crippen LogP contribution >= 0.6 is 23.5 Å². The van der Waals surface area contributed by atoms with Gasteiger partial charge in [0.25, 0.3) is 0 Å². The first kappa shape index (κ1) is 15.6. The Bertz CT molecular complexity index is 608. The second-order valence-electron chi connectivity index (χ2n) is 5.15. The first-order valence-electron chi connectivity index (χ1n) is 7.42. The molecule has 0 radical (unpaired) electrons. The molecule has 0 saturated carbocycles. The van der Waals surface area contributed by atoms with Gasteiger partial charge in [0, 0.05) is 23.7 Å². The Morgan fingerprint density at radius 3 is 2.73 bits per heavy atom. The third-order valence-corrected chi connectivity index (χ3v) is 5.39. The van der Waals surface area contributed by atoms with Crippen molar-refractivity contribution >= 4 is 28.7 Å². The van der Waals surface area contributed by atoms with E-state index in [0.717, 1.165) is 36.3 Å². The van der Waals surface area contributed by atoms with Crippen LogP contribution in [-0.4, -0.2) is 28.6 Å². The molecule has 5 heteroatoms. The molecule has 3 rings (SSSR count). The van der Waals surface area contributed by atoms with Gasteiger partial charge in [0.2, 0.25) is 0 Å². The fraction of sp³-hybridized carbons (Fsp3) is 0.353. The summed E-state index contributed by atoms with van der Waals surface area (Å²) in [7, 11) is 0. The van der Waals surface area contributed by atoms with Gasteiger partial charge in [0.1, 0.15) is 5.76 Å². The molecule has 0 aliphatic carbocycles. The van der Waals surface area contributed by atoms with E-state index in [1.54, 1.807) is 18.0 Å². The number of hydrogen-bond acceptors (Lipinski definition) is 5. The third kappa shape index (κ3) is 4.11. The molecule has 0 fully saturated rings. The summed E-state index contributed by atoms with van der Waals surface area (Å²) in [6.07, 6.45) is 5.01. The van der Waals surface area contributed by atoms with Crippen molar-refractivity contribution in [2.45, 2.75) is 24.4 Å². The molecular formula is C17H20N2OS2. The maximum Gasteiger partial charge on any atom is 0.159 e.